The molecule has 0 atom stereocenters. The van der Waals surface area contributed by atoms with E-state index in [1.54, 1.807) is 24.3 Å². The Kier molecular flexibility index (Phi) is 6.06. The third-order valence-corrected chi connectivity index (χ3v) is 6.82. The molecule has 0 saturated heterocycles. The first-order valence-corrected chi connectivity index (χ1v) is 11.1. The molecular formula is C16H15Cl2N5O3S2. The van der Waals surface area contributed by atoms with Crippen LogP contribution in [0, 0.1) is 0 Å². The smallest absolute Gasteiger partial charge is 0.291 e. The van der Waals surface area contributed by atoms with Gasteiger partial charge in [0.1, 0.15) is 15.7 Å². The first-order valence-electron chi connectivity index (χ1n) is 8.00. The fraction of sp³-hybridized carbons (Fsp3) is 0.188. The summed E-state index contributed by atoms with van der Waals surface area (Å²) in [4.78, 5) is 17.3. The van der Waals surface area contributed by atoms with Crippen LogP contribution in [-0.4, -0.2) is 29.1 Å². The van der Waals surface area contributed by atoms with Gasteiger partial charge in [0, 0.05) is 11.3 Å². The Morgan fingerprint density at radius 2 is 1.93 bits per heavy atom. The normalized spacial score (nSPS) is 11.6. The molecule has 0 bridgehead atoms. The molecular weight excluding hydrogens is 445 g/mol. The molecule has 3 N–H and O–H groups in total. The van der Waals surface area contributed by atoms with Gasteiger partial charge in [0.2, 0.25) is 15.8 Å². The number of carbonyl (C=O) groups excluding carboxylic acids is 1. The van der Waals surface area contributed by atoms with Gasteiger partial charge >= 0.3 is 0 Å². The van der Waals surface area contributed by atoms with E-state index in [1.165, 1.54) is 10.7 Å². The lowest BCUT2D eigenvalue weighted by atomic mass is 10.3. The summed E-state index contributed by atoms with van der Waals surface area (Å²) in [7, 11) is -3.76. The summed E-state index contributed by atoms with van der Waals surface area (Å²) < 4.78 is 24.1. The number of sulfonamides is 1. The topological polar surface area (TPSA) is 120 Å². The van der Waals surface area contributed by atoms with Gasteiger partial charge in [0.15, 0.2) is 0 Å². The van der Waals surface area contributed by atoms with Crippen LogP contribution in [0.5, 0.6) is 0 Å². The van der Waals surface area contributed by atoms with Crippen molar-refractivity contribution in [2.24, 2.45) is 5.14 Å². The molecule has 28 heavy (non-hydrogen) atoms. The van der Waals surface area contributed by atoms with Gasteiger partial charge < -0.3 is 5.32 Å². The third-order valence-electron chi connectivity index (χ3n) is 3.68. The van der Waals surface area contributed by atoms with Crippen LogP contribution in [-0.2, 0) is 23.0 Å². The maximum absolute atomic E-state index is 12.5. The molecule has 2 heterocycles. The molecule has 1 aromatic carbocycles. The van der Waals surface area contributed by atoms with Gasteiger partial charge in [-0.2, -0.15) is 0 Å². The minimum absolute atomic E-state index is 0.0285. The number of aromatic nitrogens is 3. The van der Waals surface area contributed by atoms with E-state index in [0.29, 0.717) is 32.9 Å². The van der Waals surface area contributed by atoms with E-state index >= 15 is 0 Å². The van der Waals surface area contributed by atoms with E-state index in [1.807, 2.05) is 6.92 Å². The summed E-state index contributed by atoms with van der Waals surface area (Å²) in [5.41, 5.74) is 0.449. The molecule has 3 rings (SSSR count). The van der Waals surface area contributed by atoms with Crippen molar-refractivity contribution in [1.82, 2.24) is 20.1 Å². The average molecular weight is 460 g/mol. The highest BCUT2D eigenvalue weighted by atomic mass is 35.5. The molecule has 12 heteroatoms. The summed E-state index contributed by atoms with van der Waals surface area (Å²) >= 11 is 13.4. The molecule has 8 nitrogen and oxygen atoms in total. The van der Waals surface area contributed by atoms with Crippen molar-refractivity contribution in [1.29, 1.82) is 0 Å². The molecule has 0 saturated carbocycles. The molecule has 1 amide bonds. The van der Waals surface area contributed by atoms with Gasteiger partial charge in [0.25, 0.3) is 5.91 Å². The van der Waals surface area contributed by atoms with Crippen LogP contribution >= 0.6 is 34.5 Å². The number of hydrogen-bond acceptors (Lipinski definition) is 6. The van der Waals surface area contributed by atoms with Crippen molar-refractivity contribution in [3.63, 3.8) is 0 Å². The fourth-order valence-corrected chi connectivity index (χ4v) is 4.67. The van der Waals surface area contributed by atoms with Crippen LogP contribution in [0.25, 0.3) is 5.69 Å². The lowest BCUT2D eigenvalue weighted by Gasteiger charge is -2.08. The lowest BCUT2D eigenvalue weighted by molar-refractivity contribution is 0.0941. The second kappa shape index (κ2) is 8.18. The zero-order valence-corrected chi connectivity index (χ0v) is 17.7. The molecule has 0 unspecified atom stereocenters. The molecule has 0 spiro atoms. The number of thiophene rings is 1. The molecule has 0 fully saturated rings. The number of para-hydroxylation sites is 1. The van der Waals surface area contributed by atoms with E-state index in [9.17, 15) is 13.2 Å². The fourth-order valence-electron chi connectivity index (χ4n) is 2.39. The van der Waals surface area contributed by atoms with Crippen LogP contribution in [0.2, 0.25) is 10.0 Å². The molecule has 0 aliphatic rings. The summed E-state index contributed by atoms with van der Waals surface area (Å²) in [5, 5.41) is 12.7. The molecule has 2 aromatic heterocycles. The number of nitrogens with two attached hydrogens (primary N) is 1. The first kappa shape index (κ1) is 20.7. The Bertz CT molecular complexity index is 1120. The Morgan fingerprint density at radius 1 is 1.25 bits per heavy atom. The standard InChI is InChI=1S/C16H15Cl2N5O3S2/c1-2-12-21-15(22-23(12)14-10(17)4-3-5-11(14)18)16(24)20-8-9-6-7-13(27-9)28(19,25)26/h3-7H,2,8H2,1H3,(H,20,24)(H2,19,25,26). The lowest BCUT2D eigenvalue weighted by Crippen LogP contribution is -2.23. The number of halogens is 2. The van der Waals surface area contributed by atoms with Crippen molar-refractivity contribution in [2.75, 3.05) is 0 Å². The molecule has 0 aliphatic carbocycles. The predicted octanol–water partition coefficient (Wildman–Crippen LogP) is 2.78. The third kappa shape index (κ3) is 4.36. The monoisotopic (exact) mass is 459 g/mol. The molecule has 148 valence electrons. The SMILES string of the molecule is CCc1nc(C(=O)NCc2ccc(S(N)(=O)=O)s2)nn1-c1c(Cl)cccc1Cl. The molecule has 3 aromatic rings. The van der Waals surface area contributed by atoms with Crippen molar-refractivity contribution in [3.05, 3.63) is 56.9 Å². The quantitative estimate of drug-likeness (QED) is 0.586. The Balaban J connectivity index is 1.81. The number of nitrogens with zero attached hydrogens (tertiary/aromatic N) is 3. The maximum atomic E-state index is 12.5. The van der Waals surface area contributed by atoms with E-state index in [2.05, 4.69) is 15.4 Å². The van der Waals surface area contributed by atoms with Crippen molar-refractivity contribution in [2.45, 2.75) is 24.1 Å². The van der Waals surface area contributed by atoms with Crippen LogP contribution in [0.3, 0.4) is 0 Å². The first-order chi connectivity index (χ1) is 13.2. The number of aryl methyl sites for hydroxylation is 1. The van der Waals surface area contributed by atoms with Crippen LogP contribution < -0.4 is 10.5 Å². The zero-order valence-electron chi connectivity index (χ0n) is 14.5. The number of primary sulfonamides is 1. The summed E-state index contributed by atoms with van der Waals surface area (Å²) in [6.07, 6.45) is 0.504. The summed E-state index contributed by atoms with van der Waals surface area (Å²) in [5.74, 6) is -0.0361. The second-order valence-electron chi connectivity index (χ2n) is 5.64. The van der Waals surface area contributed by atoms with E-state index in [0.717, 1.165) is 11.3 Å². The Labute approximate surface area is 175 Å². The number of hydrogen-bond donors (Lipinski definition) is 2. The summed E-state index contributed by atoms with van der Waals surface area (Å²) in [6.45, 7) is 1.98. The highest BCUT2D eigenvalue weighted by molar-refractivity contribution is 7.91. The number of nitrogens with one attached hydrogen (secondary N) is 1. The highest BCUT2D eigenvalue weighted by Crippen LogP contribution is 2.28. The van der Waals surface area contributed by atoms with Crippen LogP contribution in [0.4, 0.5) is 0 Å². The Morgan fingerprint density at radius 3 is 2.50 bits per heavy atom. The van der Waals surface area contributed by atoms with Crippen LogP contribution in [0.15, 0.2) is 34.5 Å². The number of rotatable bonds is 6. The molecule has 0 aliphatic heterocycles. The minimum atomic E-state index is -3.76. The number of benzene rings is 1. The van der Waals surface area contributed by atoms with Gasteiger partial charge in [-0.25, -0.2) is 23.2 Å². The van der Waals surface area contributed by atoms with Crippen molar-refractivity contribution >= 4 is 50.5 Å². The largest absolute Gasteiger partial charge is 0.344 e. The second-order valence-corrected chi connectivity index (χ2v) is 9.41. The average Bonchev–Trinajstić information content (AvgIpc) is 3.26. The van der Waals surface area contributed by atoms with Gasteiger partial charge in [-0.3, -0.25) is 4.79 Å². The number of amides is 1. The van der Waals surface area contributed by atoms with Crippen molar-refractivity contribution < 1.29 is 13.2 Å². The Hall–Kier alpha value is -1.98. The van der Waals surface area contributed by atoms with Crippen LogP contribution in [0.1, 0.15) is 28.2 Å². The van der Waals surface area contributed by atoms with Gasteiger partial charge in [-0.1, -0.05) is 36.2 Å². The predicted molar refractivity (Wildman–Crippen MR) is 108 cm³/mol. The highest BCUT2D eigenvalue weighted by Gasteiger charge is 2.20. The van der Waals surface area contributed by atoms with Gasteiger partial charge in [-0.15, -0.1) is 16.4 Å². The minimum Gasteiger partial charge on any atom is -0.344 e. The molecule has 0 radical (unpaired) electrons. The maximum Gasteiger partial charge on any atom is 0.291 e. The van der Waals surface area contributed by atoms with E-state index < -0.39 is 15.9 Å². The van der Waals surface area contributed by atoms with Crippen molar-refractivity contribution in [3.8, 4) is 5.69 Å². The summed E-state index contributed by atoms with van der Waals surface area (Å²) in [6, 6.07) is 8.02. The number of carbonyl (C=O) groups is 1. The van der Waals surface area contributed by atoms with E-state index in [4.69, 9.17) is 28.3 Å². The zero-order chi connectivity index (χ0) is 20.5. The van der Waals surface area contributed by atoms with Gasteiger partial charge in [0.05, 0.1) is 16.6 Å². The van der Waals surface area contributed by atoms with Gasteiger partial charge in [-0.05, 0) is 24.3 Å². The van der Waals surface area contributed by atoms with E-state index in [-0.39, 0.29) is 16.6 Å².